The van der Waals surface area contributed by atoms with Gasteiger partial charge in [-0.25, -0.2) is 0 Å². The van der Waals surface area contributed by atoms with Gasteiger partial charge in [0, 0.05) is 18.0 Å². The van der Waals surface area contributed by atoms with Gasteiger partial charge in [-0.15, -0.1) is 0 Å². The number of amides is 1. The van der Waals surface area contributed by atoms with Gasteiger partial charge in [-0.1, -0.05) is 12.8 Å². The molecule has 3 nitrogen and oxygen atoms in total. The van der Waals surface area contributed by atoms with E-state index >= 15 is 0 Å². The van der Waals surface area contributed by atoms with E-state index in [2.05, 4.69) is 0 Å². The van der Waals surface area contributed by atoms with Crippen molar-refractivity contribution in [2.45, 2.75) is 63.7 Å². The largest absolute Gasteiger partial charge is 0.406 e. The van der Waals surface area contributed by atoms with Crippen LogP contribution < -0.4 is 5.73 Å². The van der Waals surface area contributed by atoms with Crippen LogP contribution in [0.4, 0.5) is 13.2 Å². The van der Waals surface area contributed by atoms with Crippen LogP contribution in [0.1, 0.15) is 46.0 Å². The van der Waals surface area contributed by atoms with E-state index in [1.807, 2.05) is 0 Å². The molecule has 0 bridgehead atoms. The van der Waals surface area contributed by atoms with E-state index < -0.39 is 30.2 Å². The smallest absolute Gasteiger partial charge is 0.331 e. The zero-order valence-corrected chi connectivity index (χ0v) is 10.9. The summed E-state index contributed by atoms with van der Waals surface area (Å²) >= 11 is 0. The summed E-state index contributed by atoms with van der Waals surface area (Å²) in [6.07, 6.45) is -1.01. The fourth-order valence-electron chi connectivity index (χ4n) is 2.41. The quantitative estimate of drug-likeness (QED) is 0.849. The second-order valence-electron chi connectivity index (χ2n) is 5.48. The topological polar surface area (TPSA) is 46.3 Å². The first-order valence-electron chi connectivity index (χ1n) is 6.28. The lowest BCUT2D eigenvalue weighted by Gasteiger charge is -2.31. The summed E-state index contributed by atoms with van der Waals surface area (Å²) in [6, 6.07) is -0.468. The first kappa shape index (κ1) is 15.3. The average molecular weight is 266 g/mol. The van der Waals surface area contributed by atoms with E-state index in [4.69, 9.17) is 5.73 Å². The third-order valence-corrected chi connectivity index (χ3v) is 3.40. The molecule has 6 heteroatoms. The zero-order chi connectivity index (χ0) is 14.0. The van der Waals surface area contributed by atoms with Gasteiger partial charge in [0.2, 0.25) is 5.91 Å². The number of halogens is 3. The zero-order valence-electron chi connectivity index (χ0n) is 10.9. The molecule has 1 saturated carbocycles. The van der Waals surface area contributed by atoms with E-state index in [0.717, 1.165) is 30.6 Å². The predicted octanol–water partition coefficient (Wildman–Crippen LogP) is 2.45. The molecular weight excluding hydrogens is 245 g/mol. The number of nitrogens with zero attached hydrogens (tertiary/aromatic N) is 1. The Balaban J connectivity index is 2.65. The minimum atomic E-state index is -4.36. The van der Waals surface area contributed by atoms with Crippen LogP contribution in [-0.2, 0) is 4.79 Å². The molecule has 0 radical (unpaired) electrons. The summed E-state index contributed by atoms with van der Waals surface area (Å²) in [6.45, 7) is 1.97. The molecule has 1 fully saturated rings. The summed E-state index contributed by atoms with van der Waals surface area (Å²) in [5.41, 5.74) is 5.43. The van der Waals surface area contributed by atoms with E-state index in [-0.39, 0.29) is 6.42 Å². The van der Waals surface area contributed by atoms with Crippen LogP contribution in [0.25, 0.3) is 0 Å². The molecule has 0 aromatic rings. The molecule has 1 aliphatic rings. The molecule has 1 rings (SSSR count). The van der Waals surface area contributed by atoms with Crippen LogP contribution >= 0.6 is 0 Å². The molecule has 1 aliphatic carbocycles. The number of alkyl halides is 3. The molecule has 0 saturated heterocycles. The third-order valence-electron chi connectivity index (χ3n) is 3.40. The maximum absolute atomic E-state index is 12.4. The van der Waals surface area contributed by atoms with Crippen molar-refractivity contribution < 1.29 is 18.0 Å². The predicted molar refractivity (Wildman–Crippen MR) is 62.9 cm³/mol. The van der Waals surface area contributed by atoms with Gasteiger partial charge < -0.3 is 10.6 Å². The first-order valence-corrected chi connectivity index (χ1v) is 6.28. The van der Waals surface area contributed by atoms with Gasteiger partial charge in [-0.2, -0.15) is 13.2 Å². The summed E-state index contributed by atoms with van der Waals surface area (Å²) in [4.78, 5) is 12.8. The number of carbonyl (C=O) groups excluding carboxylic acids is 1. The lowest BCUT2D eigenvalue weighted by Crippen LogP contribution is -2.48. The Bertz CT molecular complexity index is 296. The highest BCUT2D eigenvalue weighted by Crippen LogP contribution is 2.31. The Morgan fingerprint density at radius 2 is 1.83 bits per heavy atom. The van der Waals surface area contributed by atoms with Gasteiger partial charge in [0.15, 0.2) is 0 Å². The van der Waals surface area contributed by atoms with Gasteiger partial charge in [0.05, 0.1) is 0 Å². The second-order valence-corrected chi connectivity index (χ2v) is 5.48. The molecule has 0 aromatic heterocycles. The highest BCUT2D eigenvalue weighted by Gasteiger charge is 2.38. The maximum atomic E-state index is 12.4. The Labute approximate surface area is 106 Å². The van der Waals surface area contributed by atoms with Crippen molar-refractivity contribution in [2.24, 2.45) is 5.73 Å². The van der Waals surface area contributed by atoms with Crippen LogP contribution in [-0.4, -0.2) is 35.1 Å². The van der Waals surface area contributed by atoms with E-state index in [1.54, 1.807) is 13.8 Å². The van der Waals surface area contributed by atoms with Crippen LogP contribution in [0.5, 0.6) is 0 Å². The number of hydrogen-bond donors (Lipinski definition) is 1. The molecule has 0 spiro atoms. The molecule has 0 heterocycles. The van der Waals surface area contributed by atoms with Gasteiger partial charge in [-0.05, 0) is 26.7 Å². The Morgan fingerprint density at radius 1 is 1.33 bits per heavy atom. The Hall–Kier alpha value is -0.780. The molecular formula is C12H21F3N2O. The number of carbonyl (C=O) groups is 1. The molecule has 0 unspecified atom stereocenters. The lowest BCUT2D eigenvalue weighted by molar-refractivity contribution is -0.165. The number of hydrogen-bond acceptors (Lipinski definition) is 2. The van der Waals surface area contributed by atoms with Gasteiger partial charge in [0.25, 0.3) is 0 Å². The third kappa shape index (κ3) is 4.48. The summed E-state index contributed by atoms with van der Waals surface area (Å²) < 4.78 is 37.2. The summed E-state index contributed by atoms with van der Waals surface area (Å²) in [5.74, 6) is -0.494. The van der Waals surface area contributed by atoms with Gasteiger partial charge in [0.1, 0.15) is 6.54 Å². The van der Waals surface area contributed by atoms with Crippen molar-refractivity contribution in [1.82, 2.24) is 4.90 Å². The van der Waals surface area contributed by atoms with Crippen molar-refractivity contribution in [2.75, 3.05) is 6.54 Å². The minimum absolute atomic E-state index is 0.0151. The monoisotopic (exact) mass is 266 g/mol. The molecule has 18 heavy (non-hydrogen) atoms. The lowest BCUT2D eigenvalue weighted by atomic mass is 9.94. The van der Waals surface area contributed by atoms with Gasteiger partial charge >= 0.3 is 6.18 Å². The van der Waals surface area contributed by atoms with Crippen molar-refractivity contribution in [3.05, 3.63) is 0 Å². The highest BCUT2D eigenvalue weighted by molar-refractivity contribution is 5.77. The molecule has 0 aliphatic heterocycles. The number of nitrogens with two attached hydrogens (primary N) is 1. The Kier molecular flexibility index (Phi) is 4.64. The molecule has 0 atom stereocenters. The van der Waals surface area contributed by atoms with E-state index in [9.17, 15) is 18.0 Å². The minimum Gasteiger partial charge on any atom is -0.331 e. The van der Waals surface area contributed by atoms with E-state index in [0.29, 0.717) is 0 Å². The van der Waals surface area contributed by atoms with Crippen LogP contribution in [0.2, 0.25) is 0 Å². The van der Waals surface area contributed by atoms with Crippen LogP contribution in [0, 0.1) is 0 Å². The molecule has 1 amide bonds. The van der Waals surface area contributed by atoms with Crippen LogP contribution in [0.3, 0.4) is 0 Å². The van der Waals surface area contributed by atoms with Crippen molar-refractivity contribution >= 4 is 5.91 Å². The normalized spacial score (nSPS) is 19.3. The van der Waals surface area contributed by atoms with Crippen molar-refractivity contribution in [3.63, 3.8) is 0 Å². The maximum Gasteiger partial charge on any atom is 0.406 e. The van der Waals surface area contributed by atoms with Crippen LogP contribution in [0.15, 0.2) is 0 Å². The fourth-order valence-corrected chi connectivity index (χ4v) is 2.41. The molecule has 0 aromatic carbocycles. The SMILES string of the molecule is CC(C)N(CC(F)(F)F)C(=O)CC1(N)CCCC1. The van der Waals surface area contributed by atoms with Crippen molar-refractivity contribution in [1.29, 1.82) is 0 Å². The standard InChI is InChI=1S/C12H21F3N2O/c1-9(2)17(8-12(13,14)15)10(18)7-11(16)5-3-4-6-11/h9H,3-8,16H2,1-2H3. The first-order chi connectivity index (χ1) is 8.13. The Morgan fingerprint density at radius 3 is 2.22 bits per heavy atom. The molecule has 2 N–H and O–H groups in total. The summed E-state index contributed by atoms with van der Waals surface area (Å²) in [5, 5.41) is 0. The van der Waals surface area contributed by atoms with Crippen molar-refractivity contribution in [3.8, 4) is 0 Å². The fraction of sp³-hybridized carbons (Fsp3) is 0.917. The second kappa shape index (κ2) is 5.47. The van der Waals surface area contributed by atoms with E-state index in [1.165, 1.54) is 0 Å². The molecule has 106 valence electrons. The summed E-state index contributed by atoms with van der Waals surface area (Å²) in [7, 11) is 0. The van der Waals surface area contributed by atoms with Gasteiger partial charge in [-0.3, -0.25) is 4.79 Å². The highest BCUT2D eigenvalue weighted by atomic mass is 19.4. The number of rotatable bonds is 4. The average Bonchev–Trinajstić information content (AvgIpc) is 2.59.